The predicted molar refractivity (Wildman–Crippen MR) is 106 cm³/mol. The molecule has 0 bridgehead atoms. The van der Waals surface area contributed by atoms with E-state index in [2.05, 4.69) is 20.8 Å². The molecule has 2 heterocycles. The maximum atomic E-state index is 13.2. The van der Waals surface area contributed by atoms with Gasteiger partial charge in [-0.15, -0.1) is 0 Å². The summed E-state index contributed by atoms with van der Waals surface area (Å²) in [5.41, 5.74) is 1.22. The van der Waals surface area contributed by atoms with Gasteiger partial charge in [0.2, 0.25) is 5.91 Å². The van der Waals surface area contributed by atoms with Crippen LogP contribution in [0.5, 0.6) is 0 Å². The van der Waals surface area contributed by atoms with Crippen molar-refractivity contribution in [3.8, 4) is 0 Å². The molecule has 3 rings (SSSR count). The number of amides is 2. The molecule has 0 unspecified atom stereocenters. The van der Waals surface area contributed by atoms with Gasteiger partial charge in [0.15, 0.2) is 0 Å². The van der Waals surface area contributed by atoms with Crippen molar-refractivity contribution in [1.29, 1.82) is 0 Å². The summed E-state index contributed by atoms with van der Waals surface area (Å²) < 4.78 is 4.75. The fraction of sp³-hybridized carbons (Fsp3) is 0.591. The first kappa shape index (κ1) is 20.4. The molecule has 152 valence electrons. The van der Waals surface area contributed by atoms with Crippen LogP contribution in [0.25, 0.3) is 0 Å². The number of esters is 1. The Morgan fingerprint density at radius 1 is 1.18 bits per heavy atom. The molecule has 1 aromatic rings. The molecule has 0 spiro atoms. The Kier molecular flexibility index (Phi) is 6.06. The van der Waals surface area contributed by atoms with Gasteiger partial charge < -0.3 is 14.5 Å². The number of benzene rings is 1. The number of hydrogen-bond acceptors (Lipinski definition) is 4. The van der Waals surface area contributed by atoms with E-state index in [0.717, 1.165) is 6.42 Å². The molecule has 1 aromatic carbocycles. The smallest absolute Gasteiger partial charge is 0.310 e. The zero-order valence-electron chi connectivity index (χ0n) is 17.2. The number of rotatable bonds is 5. The first-order valence-electron chi connectivity index (χ1n) is 10.1. The van der Waals surface area contributed by atoms with Crippen LogP contribution in [-0.2, 0) is 20.7 Å². The molecule has 2 fully saturated rings. The Labute approximate surface area is 166 Å². The lowest BCUT2D eigenvalue weighted by Crippen LogP contribution is -2.44. The van der Waals surface area contributed by atoms with Crippen molar-refractivity contribution < 1.29 is 19.1 Å². The quantitative estimate of drug-likeness (QED) is 0.730. The normalized spacial score (nSPS) is 23.8. The molecule has 2 saturated heterocycles. The Bertz CT molecular complexity index is 761. The standard InChI is InChI=1S/C22H30N2O4/c1-14(2)9-20(25)24-15(3)10-17-12-23(13-19(17)24)22(27)18-8-6-5-7-16(18)11-21(26)28-4/h5-8,14-15,17,19H,9-13H2,1-4H3/t15-,17+,19-/m1/s1. The highest BCUT2D eigenvalue weighted by molar-refractivity contribution is 5.97. The molecule has 0 N–H and O–H groups in total. The summed E-state index contributed by atoms with van der Waals surface area (Å²) in [6, 6.07) is 7.51. The summed E-state index contributed by atoms with van der Waals surface area (Å²) >= 11 is 0. The molecule has 2 amide bonds. The Morgan fingerprint density at radius 2 is 1.89 bits per heavy atom. The molecule has 2 aliphatic heterocycles. The largest absolute Gasteiger partial charge is 0.469 e. The Hall–Kier alpha value is -2.37. The van der Waals surface area contributed by atoms with Gasteiger partial charge >= 0.3 is 5.97 Å². The number of ether oxygens (including phenoxy) is 1. The number of fused-ring (bicyclic) bond motifs is 1. The fourth-order valence-corrected chi connectivity index (χ4v) is 4.61. The summed E-state index contributed by atoms with van der Waals surface area (Å²) in [6.45, 7) is 7.43. The SMILES string of the molecule is COC(=O)Cc1ccccc1C(=O)N1C[C@@H]2C[C@@H](C)N(C(=O)CC(C)C)[C@@H]2C1. The maximum Gasteiger partial charge on any atom is 0.310 e. The second kappa shape index (κ2) is 8.33. The van der Waals surface area contributed by atoms with Gasteiger partial charge in [-0.05, 0) is 30.9 Å². The monoisotopic (exact) mass is 386 g/mol. The predicted octanol–water partition coefficient (Wildman–Crippen LogP) is 2.51. The third-order valence-electron chi connectivity index (χ3n) is 5.85. The summed E-state index contributed by atoms with van der Waals surface area (Å²) in [5.74, 6) is 0.400. The van der Waals surface area contributed by atoms with Crippen LogP contribution in [-0.4, -0.2) is 59.9 Å². The van der Waals surface area contributed by atoms with Gasteiger partial charge in [0.1, 0.15) is 0 Å². The minimum Gasteiger partial charge on any atom is -0.469 e. The van der Waals surface area contributed by atoms with Crippen LogP contribution in [0.2, 0.25) is 0 Å². The molecule has 0 radical (unpaired) electrons. The molecular formula is C22H30N2O4. The van der Waals surface area contributed by atoms with Crippen LogP contribution in [0, 0.1) is 11.8 Å². The first-order valence-corrected chi connectivity index (χ1v) is 10.1. The average molecular weight is 386 g/mol. The van der Waals surface area contributed by atoms with Crippen molar-refractivity contribution in [3.05, 3.63) is 35.4 Å². The molecule has 6 nitrogen and oxygen atoms in total. The molecule has 0 aromatic heterocycles. The minimum atomic E-state index is -0.363. The molecule has 6 heteroatoms. The second-order valence-corrected chi connectivity index (χ2v) is 8.43. The van der Waals surface area contributed by atoms with Crippen LogP contribution >= 0.6 is 0 Å². The lowest BCUT2D eigenvalue weighted by molar-refractivity contribution is -0.139. The van der Waals surface area contributed by atoms with Crippen LogP contribution < -0.4 is 0 Å². The van der Waals surface area contributed by atoms with Gasteiger partial charge in [-0.1, -0.05) is 32.0 Å². The number of nitrogens with zero attached hydrogens (tertiary/aromatic N) is 2. The first-order chi connectivity index (χ1) is 13.3. The van der Waals surface area contributed by atoms with Gasteiger partial charge in [0.05, 0.1) is 19.6 Å². The van der Waals surface area contributed by atoms with Gasteiger partial charge in [-0.3, -0.25) is 14.4 Å². The molecular weight excluding hydrogens is 356 g/mol. The molecule has 28 heavy (non-hydrogen) atoms. The van der Waals surface area contributed by atoms with Crippen molar-refractivity contribution in [1.82, 2.24) is 9.80 Å². The summed E-state index contributed by atoms with van der Waals surface area (Å²) in [5, 5.41) is 0. The van der Waals surface area contributed by atoms with E-state index in [1.165, 1.54) is 7.11 Å². The van der Waals surface area contributed by atoms with Crippen LogP contribution in [0.3, 0.4) is 0 Å². The molecule has 2 aliphatic rings. The summed E-state index contributed by atoms with van der Waals surface area (Å²) in [7, 11) is 1.35. The molecule has 0 saturated carbocycles. The molecule has 3 atom stereocenters. The third kappa shape index (κ3) is 4.05. The topological polar surface area (TPSA) is 66.9 Å². The fourth-order valence-electron chi connectivity index (χ4n) is 4.61. The van der Waals surface area contributed by atoms with E-state index in [9.17, 15) is 14.4 Å². The van der Waals surface area contributed by atoms with Gasteiger partial charge in [0.25, 0.3) is 5.91 Å². The van der Waals surface area contributed by atoms with Crippen molar-refractivity contribution in [2.24, 2.45) is 11.8 Å². The summed E-state index contributed by atoms with van der Waals surface area (Å²) in [4.78, 5) is 41.4. The van der Waals surface area contributed by atoms with Crippen molar-refractivity contribution in [2.75, 3.05) is 20.2 Å². The van der Waals surface area contributed by atoms with E-state index in [4.69, 9.17) is 4.74 Å². The minimum absolute atomic E-state index is 0.0715. The van der Waals surface area contributed by atoms with Gasteiger partial charge in [0, 0.05) is 37.0 Å². The van der Waals surface area contributed by atoms with Gasteiger partial charge in [-0.25, -0.2) is 0 Å². The number of likely N-dealkylation sites (tertiary alicyclic amines) is 2. The van der Waals surface area contributed by atoms with Gasteiger partial charge in [-0.2, -0.15) is 0 Å². The zero-order chi connectivity index (χ0) is 20.4. The molecule has 0 aliphatic carbocycles. The van der Waals surface area contributed by atoms with E-state index in [1.54, 1.807) is 12.1 Å². The lowest BCUT2D eigenvalue weighted by Gasteiger charge is -2.30. The van der Waals surface area contributed by atoms with E-state index < -0.39 is 0 Å². The number of carbonyl (C=O) groups is 3. The number of carbonyl (C=O) groups excluding carboxylic acids is 3. The lowest BCUT2D eigenvalue weighted by atomic mass is 10.0. The van der Waals surface area contributed by atoms with E-state index >= 15 is 0 Å². The van der Waals surface area contributed by atoms with Crippen LogP contribution in [0.15, 0.2) is 24.3 Å². The van der Waals surface area contributed by atoms with Crippen LogP contribution in [0.4, 0.5) is 0 Å². The van der Waals surface area contributed by atoms with Crippen molar-refractivity contribution in [2.45, 2.75) is 52.1 Å². The Balaban J connectivity index is 1.75. The second-order valence-electron chi connectivity index (χ2n) is 8.43. The van der Waals surface area contributed by atoms with Crippen molar-refractivity contribution in [3.63, 3.8) is 0 Å². The maximum absolute atomic E-state index is 13.2. The van der Waals surface area contributed by atoms with Crippen LogP contribution in [0.1, 0.15) is 49.5 Å². The summed E-state index contributed by atoms with van der Waals surface area (Å²) in [6.07, 6.45) is 1.56. The highest BCUT2D eigenvalue weighted by Gasteiger charge is 2.48. The number of methoxy groups -OCH3 is 1. The zero-order valence-corrected chi connectivity index (χ0v) is 17.2. The number of hydrogen-bond donors (Lipinski definition) is 0. The highest BCUT2D eigenvalue weighted by atomic mass is 16.5. The van der Waals surface area contributed by atoms with E-state index in [0.29, 0.717) is 42.5 Å². The van der Waals surface area contributed by atoms with E-state index in [1.807, 2.05) is 21.9 Å². The van der Waals surface area contributed by atoms with E-state index in [-0.39, 0.29) is 36.3 Å². The average Bonchev–Trinajstić information content (AvgIpc) is 3.17. The van der Waals surface area contributed by atoms with Crippen molar-refractivity contribution >= 4 is 17.8 Å². The third-order valence-corrected chi connectivity index (χ3v) is 5.85. The highest BCUT2D eigenvalue weighted by Crippen LogP contribution is 2.37. The Morgan fingerprint density at radius 3 is 2.57 bits per heavy atom.